The average Bonchev–Trinajstić information content (AvgIpc) is 3.16. The molecule has 3 aromatic rings. The Morgan fingerprint density at radius 3 is 3.00 bits per heavy atom. The summed E-state index contributed by atoms with van der Waals surface area (Å²) in [5.74, 6) is 0. The molecule has 0 spiro atoms. The number of ether oxygens (including phenoxy) is 1. The number of nitrogens with zero attached hydrogens (tertiary/aromatic N) is 3. The molecular weight excluding hydrogens is 366 g/mol. The highest BCUT2D eigenvalue weighted by Crippen LogP contribution is 2.27. The van der Waals surface area contributed by atoms with Crippen molar-refractivity contribution in [1.82, 2.24) is 14.8 Å². The number of aromatic nitrogens is 3. The van der Waals surface area contributed by atoms with Crippen LogP contribution >= 0.6 is 11.6 Å². The Morgan fingerprint density at radius 1 is 1.48 bits per heavy atom. The third-order valence-corrected chi connectivity index (χ3v) is 5.23. The molecule has 0 aliphatic heterocycles. The van der Waals surface area contributed by atoms with Crippen molar-refractivity contribution in [3.8, 4) is 6.07 Å². The highest BCUT2D eigenvalue weighted by molar-refractivity contribution is 7.93. The van der Waals surface area contributed by atoms with Gasteiger partial charge in [0.1, 0.15) is 16.7 Å². The van der Waals surface area contributed by atoms with Gasteiger partial charge in [0.05, 0.1) is 19.3 Å². The van der Waals surface area contributed by atoms with E-state index in [2.05, 4.69) is 14.8 Å². The van der Waals surface area contributed by atoms with E-state index in [9.17, 15) is 13.7 Å². The molecule has 130 valence electrons. The largest absolute Gasteiger partial charge is 0.383 e. The number of hydrogen-bond donors (Lipinski definition) is 2. The monoisotopic (exact) mass is 379 g/mol. The summed E-state index contributed by atoms with van der Waals surface area (Å²) >= 11 is 5.91. The van der Waals surface area contributed by atoms with E-state index in [1.807, 2.05) is 6.07 Å². The van der Waals surface area contributed by atoms with Crippen LogP contribution in [0.15, 0.2) is 35.5 Å². The lowest BCUT2D eigenvalue weighted by Gasteiger charge is -2.06. The third kappa shape index (κ3) is 3.32. The molecule has 2 heterocycles. The summed E-state index contributed by atoms with van der Waals surface area (Å²) in [6.07, 6.45) is 2.68. The van der Waals surface area contributed by atoms with Crippen molar-refractivity contribution in [3.05, 3.63) is 41.3 Å². The molecule has 3 rings (SSSR count). The van der Waals surface area contributed by atoms with Crippen molar-refractivity contribution >= 4 is 38.2 Å². The molecule has 0 aliphatic carbocycles. The molecule has 0 aliphatic rings. The number of hydrogen-bond acceptors (Lipinski definition) is 5. The van der Waals surface area contributed by atoms with E-state index >= 15 is 0 Å². The first-order valence-electron chi connectivity index (χ1n) is 7.20. The second kappa shape index (κ2) is 6.76. The summed E-state index contributed by atoms with van der Waals surface area (Å²) in [7, 11) is -2.38. The molecule has 0 bridgehead atoms. The maximum atomic E-state index is 12.7. The first kappa shape index (κ1) is 17.3. The molecule has 1 aromatic carbocycles. The predicted octanol–water partition coefficient (Wildman–Crippen LogP) is 2.34. The lowest BCUT2D eigenvalue weighted by molar-refractivity contribution is 0.183. The molecular formula is C15H14ClN5O3S. The van der Waals surface area contributed by atoms with Gasteiger partial charge in [-0.1, -0.05) is 11.6 Å². The van der Waals surface area contributed by atoms with E-state index in [1.54, 1.807) is 18.2 Å². The molecule has 0 fully saturated rings. The molecule has 2 aromatic heterocycles. The van der Waals surface area contributed by atoms with Gasteiger partial charge >= 0.3 is 0 Å². The molecule has 2 N–H and O–H groups in total. The molecule has 0 atom stereocenters. The Labute approximate surface area is 149 Å². The van der Waals surface area contributed by atoms with Crippen LogP contribution in [0.3, 0.4) is 0 Å². The van der Waals surface area contributed by atoms with Crippen LogP contribution in [-0.4, -0.2) is 36.9 Å². The first-order chi connectivity index (χ1) is 12.0. The molecule has 10 heteroatoms. The van der Waals surface area contributed by atoms with Gasteiger partial charge in [-0.2, -0.15) is 10.4 Å². The van der Waals surface area contributed by atoms with Crippen LogP contribution in [0.1, 0.15) is 5.69 Å². The quantitative estimate of drug-likeness (QED) is 0.682. The van der Waals surface area contributed by atoms with Gasteiger partial charge in [0.15, 0.2) is 5.69 Å². The van der Waals surface area contributed by atoms with Gasteiger partial charge in [-0.3, -0.25) is 9.40 Å². The Kier molecular flexibility index (Phi) is 4.67. The molecule has 0 unspecified atom stereocenters. The van der Waals surface area contributed by atoms with E-state index in [-0.39, 0.29) is 16.3 Å². The van der Waals surface area contributed by atoms with E-state index in [0.717, 1.165) is 0 Å². The number of fused-ring (bicyclic) bond motifs is 1. The van der Waals surface area contributed by atoms with Gasteiger partial charge in [0.2, 0.25) is 0 Å². The summed E-state index contributed by atoms with van der Waals surface area (Å²) in [4.78, 5) is 2.94. The van der Waals surface area contributed by atoms with E-state index < -0.39 is 10.0 Å². The topological polar surface area (TPSA) is 113 Å². The van der Waals surface area contributed by atoms with Crippen molar-refractivity contribution in [2.24, 2.45) is 0 Å². The smallest absolute Gasteiger partial charge is 0.264 e. The number of sulfonamides is 1. The zero-order valence-corrected chi connectivity index (χ0v) is 14.7. The molecule has 8 nitrogen and oxygen atoms in total. The Balaban J connectivity index is 1.96. The van der Waals surface area contributed by atoms with Gasteiger partial charge in [0.25, 0.3) is 10.0 Å². The predicted molar refractivity (Wildman–Crippen MR) is 92.9 cm³/mol. The fourth-order valence-electron chi connectivity index (χ4n) is 2.42. The number of rotatable bonds is 6. The van der Waals surface area contributed by atoms with Crippen molar-refractivity contribution in [2.75, 3.05) is 18.4 Å². The minimum Gasteiger partial charge on any atom is -0.383 e. The van der Waals surface area contributed by atoms with Crippen LogP contribution in [-0.2, 0) is 21.3 Å². The number of H-pyrrole nitrogens is 1. The maximum absolute atomic E-state index is 12.7. The Hall–Kier alpha value is -2.54. The number of nitriles is 1. The van der Waals surface area contributed by atoms with Gasteiger partial charge < -0.3 is 9.72 Å². The van der Waals surface area contributed by atoms with Crippen LogP contribution in [0.2, 0.25) is 5.02 Å². The van der Waals surface area contributed by atoms with Crippen molar-refractivity contribution in [3.63, 3.8) is 0 Å². The fraction of sp³-hybridized carbons (Fsp3) is 0.200. The standard InChI is InChI=1S/C15H14ClN5O3S/c1-24-5-4-21-14(7-17)13(8-19-21)20-25(22,23)15-9-18-12-6-10(16)2-3-11(12)15/h2-3,6,8-9,18,20H,4-5H2,1H3. The average molecular weight is 380 g/mol. The summed E-state index contributed by atoms with van der Waals surface area (Å²) in [5.41, 5.74) is 0.828. The zero-order chi connectivity index (χ0) is 18.0. The highest BCUT2D eigenvalue weighted by atomic mass is 35.5. The molecule has 0 saturated carbocycles. The summed E-state index contributed by atoms with van der Waals surface area (Å²) in [5, 5.41) is 14.3. The number of aromatic amines is 1. The van der Waals surface area contributed by atoms with Crippen LogP contribution in [0, 0.1) is 11.3 Å². The van der Waals surface area contributed by atoms with Crippen LogP contribution < -0.4 is 4.72 Å². The van der Waals surface area contributed by atoms with Crippen molar-refractivity contribution < 1.29 is 13.2 Å². The summed E-state index contributed by atoms with van der Waals surface area (Å²) in [6.45, 7) is 0.693. The summed E-state index contributed by atoms with van der Waals surface area (Å²) in [6, 6.07) is 6.83. The van der Waals surface area contributed by atoms with Gasteiger partial charge in [-0.05, 0) is 18.2 Å². The highest BCUT2D eigenvalue weighted by Gasteiger charge is 2.22. The number of nitrogens with one attached hydrogen (secondary N) is 2. The lowest BCUT2D eigenvalue weighted by Crippen LogP contribution is -2.14. The number of benzene rings is 1. The third-order valence-electron chi connectivity index (χ3n) is 3.59. The maximum Gasteiger partial charge on any atom is 0.264 e. The van der Waals surface area contributed by atoms with Crippen LogP contribution in [0.25, 0.3) is 10.9 Å². The van der Waals surface area contributed by atoms with Gasteiger partial charge in [-0.25, -0.2) is 8.42 Å². The van der Waals surface area contributed by atoms with Crippen molar-refractivity contribution in [1.29, 1.82) is 5.26 Å². The second-order valence-electron chi connectivity index (χ2n) is 5.18. The normalized spacial score (nSPS) is 11.6. The van der Waals surface area contributed by atoms with Gasteiger partial charge in [0, 0.05) is 29.2 Å². The van der Waals surface area contributed by atoms with E-state index in [1.165, 1.54) is 24.2 Å². The zero-order valence-electron chi connectivity index (χ0n) is 13.2. The van der Waals surface area contributed by atoms with Crippen LogP contribution in [0.4, 0.5) is 5.69 Å². The minimum absolute atomic E-state index is 0.0627. The molecule has 0 amide bonds. The number of anilines is 1. The summed E-state index contributed by atoms with van der Waals surface area (Å²) < 4.78 is 34.2. The second-order valence-corrected chi connectivity index (χ2v) is 7.27. The lowest BCUT2D eigenvalue weighted by atomic mass is 10.2. The fourth-order valence-corrected chi connectivity index (χ4v) is 3.82. The van der Waals surface area contributed by atoms with Gasteiger partial charge in [-0.15, -0.1) is 0 Å². The number of halogens is 1. The number of methoxy groups -OCH3 is 1. The molecule has 0 saturated heterocycles. The van der Waals surface area contributed by atoms with E-state index in [4.69, 9.17) is 16.3 Å². The first-order valence-corrected chi connectivity index (χ1v) is 9.06. The Morgan fingerprint density at radius 2 is 2.28 bits per heavy atom. The van der Waals surface area contributed by atoms with E-state index in [0.29, 0.717) is 29.1 Å². The minimum atomic E-state index is -3.91. The molecule has 0 radical (unpaired) electrons. The molecule has 25 heavy (non-hydrogen) atoms. The van der Waals surface area contributed by atoms with Crippen LogP contribution in [0.5, 0.6) is 0 Å². The SMILES string of the molecule is COCCn1ncc(NS(=O)(=O)c2c[nH]c3cc(Cl)ccc23)c1C#N. The Bertz CT molecular complexity index is 1060. The van der Waals surface area contributed by atoms with Crippen molar-refractivity contribution in [2.45, 2.75) is 11.4 Å².